The number of carbonyl (C=O) groups is 1. The van der Waals surface area contributed by atoms with Crippen molar-refractivity contribution in [3.8, 4) is 0 Å². The van der Waals surface area contributed by atoms with Crippen molar-refractivity contribution >= 4 is 40.6 Å². The van der Waals surface area contributed by atoms with Gasteiger partial charge in [0.05, 0.1) is 6.04 Å². The van der Waals surface area contributed by atoms with Gasteiger partial charge >= 0.3 is 6.03 Å². The quantitative estimate of drug-likeness (QED) is 0.777. The third-order valence-corrected chi connectivity index (χ3v) is 4.07. The molecule has 1 unspecified atom stereocenters. The van der Waals surface area contributed by atoms with E-state index >= 15 is 0 Å². The SMILES string of the molecule is CC1CN(c2ccc(Cl)cc2)C(=O)N1c1ccc(Cl)cc1. The topological polar surface area (TPSA) is 23.6 Å². The maximum absolute atomic E-state index is 12.7. The Labute approximate surface area is 133 Å². The summed E-state index contributed by atoms with van der Waals surface area (Å²) in [5, 5.41) is 1.32. The van der Waals surface area contributed by atoms with Crippen LogP contribution in [0, 0.1) is 0 Å². The second kappa shape index (κ2) is 5.58. The number of hydrogen-bond donors (Lipinski definition) is 0. The minimum Gasteiger partial charge on any atom is -0.292 e. The van der Waals surface area contributed by atoms with E-state index in [1.165, 1.54) is 0 Å². The molecule has 3 nitrogen and oxygen atoms in total. The second-order valence-electron chi connectivity index (χ2n) is 5.07. The summed E-state index contributed by atoms with van der Waals surface area (Å²) >= 11 is 11.8. The Bertz CT molecular complexity index is 655. The Kier molecular flexibility index (Phi) is 3.79. The molecule has 0 spiro atoms. The summed E-state index contributed by atoms with van der Waals surface area (Å²) in [5.74, 6) is 0. The van der Waals surface area contributed by atoms with Crippen molar-refractivity contribution in [2.75, 3.05) is 16.3 Å². The molecule has 0 aromatic heterocycles. The smallest absolute Gasteiger partial charge is 0.292 e. The van der Waals surface area contributed by atoms with Gasteiger partial charge < -0.3 is 0 Å². The molecule has 1 fully saturated rings. The van der Waals surface area contributed by atoms with Gasteiger partial charge in [-0.1, -0.05) is 23.2 Å². The lowest BCUT2D eigenvalue weighted by molar-refractivity contribution is 0.255. The lowest BCUT2D eigenvalue weighted by Gasteiger charge is -2.21. The van der Waals surface area contributed by atoms with E-state index in [-0.39, 0.29) is 12.1 Å². The zero-order chi connectivity index (χ0) is 15.0. The summed E-state index contributed by atoms with van der Waals surface area (Å²) in [4.78, 5) is 16.2. The first kappa shape index (κ1) is 14.2. The molecule has 21 heavy (non-hydrogen) atoms. The number of amides is 2. The average molecular weight is 321 g/mol. The van der Waals surface area contributed by atoms with Gasteiger partial charge in [-0.2, -0.15) is 0 Å². The van der Waals surface area contributed by atoms with E-state index in [4.69, 9.17) is 23.2 Å². The van der Waals surface area contributed by atoms with Gasteiger partial charge in [0.1, 0.15) is 0 Å². The predicted octanol–water partition coefficient (Wildman–Crippen LogP) is 4.83. The van der Waals surface area contributed by atoms with Gasteiger partial charge in [0.15, 0.2) is 0 Å². The van der Waals surface area contributed by atoms with Gasteiger partial charge in [-0.3, -0.25) is 9.80 Å². The molecule has 1 heterocycles. The van der Waals surface area contributed by atoms with Crippen molar-refractivity contribution in [1.29, 1.82) is 0 Å². The zero-order valence-electron chi connectivity index (χ0n) is 11.5. The molecular weight excluding hydrogens is 307 g/mol. The molecule has 0 radical (unpaired) electrons. The van der Waals surface area contributed by atoms with Gasteiger partial charge in [0, 0.05) is 28.0 Å². The monoisotopic (exact) mass is 320 g/mol. The lowest BCUT2D eigenvalue weighted by atomic mass is 10.2. The van der Waals surface area contributed by atoms with Crippen molar-refractivity contribution in [1.82, 2.24) is 0 Å². The van der Waals surface area contributed by atoms with Crippen LogP contribution in [0.4, 0.5) is 16.2 Å². The Morgan fingerprint density at radius 3 is 1.90 bits per heavy atom. The maximum Gasteiger partial charge on any atom is 0.329 e. The van der Waals surface area contributed by atoms with Crippen LogP contribution in [0.25, 0.3) is 0 Å². The molecule has 1 atom stereocenters. The highest BCUT2D eigenvalue weighted by atomic mass is 35.5. The molecule has 5 heteroatoms. The highest BCUT2D eigenvalue weighted by Gasteiger charge is 2.36. The number of nitrogens with zero attached hydrogens (tertiary/aromatic N) is 2. The molecule has 1 aliphatic rings. The van der Waals surface area contributed by atoms with E-state index in [0.717, 1.165) is 11.4 Å². The number of halogens is 2. The lowest BCUT2D eigenvalue weighted by Crippen LogP contribution is -2.33. The second-order valence-corrected chi connectivity index (χ2v) is 5.94. The number of hydrogen-bond acceptors (Lipinski definition) is 1. The van der Waals surface area contributed by atoms with Crippen molar-refractivity contribution in [3.63, 3.8) is 0 Å². The van der Waals surface area contributed by atoms with E-state index in [1.54, 1.807) is 34.1 Å². The summed E-state index contributed by atoms with van der Waals surface area (Å²) in [5.41, 5.74) is 1.71. The van der Waals surface area contributed by atoms with E-state index in [9.17, 15) is 4.79 Å². The Morgan fingerprint density at radius 1 is 0.905 bits per heavy atom. The molecule has 2 aromatic rings. The number of urea groups is 1. The maximum atomic E-state index is 12.7. The van der Waals surface area contributed by atoms with Crippen LogP contribution in [0.2, 0.25) is 10.0 Å². The van der Waals surface area contributed by atoms with E-state index < -0.39 is 0 Å². The molecule has 0 aliphatic carbocycles. The van der Waals surface area contributed by atoms with E-state index in [2.05, 4.69) is 0 Å². The van der Waals surface area contributed by atoms with Crippen LogP contribution in [-0.2, 0) is 0 Å². The van der Waals surface area contributed by atoms with E-state index in [0.29, 0.717) is 16.6 Å². The molecule has 3 rings (SSSR count). The predicted molar refractivity (Wildman–Crippen MR) is 87.6 cm³/mol. The summed E-state index contributed by atoms with van der Waals surface area (Å²) in [7, 11) is 0. The first-order valence-corrected chi connectivity index (χ1v) is 7.44. The van der Waals surface area contributed by atoms with Crippen LogP contribution in [0.15, 0.2) is 48.5 Å². The van der Waals surface area contributed by atoms with Crippen LogP contribution in [0.1, 0.15) is 6.92 Å². The molecule has 2 amide bonds. The van der Waals surface area contributed by atoms with Crippen molar-refractivity contribution in [3.05, 3.63) is 58.6 Å². The van der Waals surface area contributed by atoms with Crippen LogP contribution >= 0.6 is 23.2 Å². The summed E-state index contributed by atoms with van der Waals surface area (Å²) in [6, 6.07) is 14.7. The van der Waals surface area contributed by atoms with Gasteiger partial charge in [0.25, 0.3) is 0 Å². The third-order valence-electron chi connectivity index (χ3n) is 3.57. The first-order chi connectivity index (χ1) is 10.1. The van der Waals surface area contributed by atoms with Gasteiger partial charge in [-0.15, -0.1) is 0 Å². The fourth-order valence-electron chi connectivity index (χ4n) is 2.55. The molecule has 1 aliphatic heterocycles. The zero-order valence-corrected chi connectivity index (χ0v) is 13.0. The standard InChI is InChI=1S/C16H14Cl2N2O/c1-11-10-19(14-6-2-12(17)3-7-14)16(21)20(11)15-8-4-13(18)5-9-15/h2-9,11H,10H2,1H3. The highest BCUT2D eigenvalue weighted by Crippen LogP contribution is 2.30. The highest BCUT2D eigenvalue weighted by molar-refractivity contribution is 6.31. The molecular formula is C16H14Cl2N2O. The Balaban J connectivity index is 1.90. The molecule has 2 aromatic carbocycles. The third kappa shape index (κ3) is 2.71. The fourth-order valence-corrected chi connectivity index (χ4v) is 2.80. The van der Waals surface area contributed by atoms with Crippen molar-refractivity contribution in [2.45, 2.75) is 13.0 Å². The van der Waals surface area contributed by atoms with Crippen LogP contribution in [0.5, 0.6) is 0 Å². The number of carbonyl (C=O) groups excluding carboxylic acids is 1. The molecule has 1 saturated heterocycles. The normalized spacial score (nSPS) is 18.4. The first-order valence-electron chi connectivity index (χ1n) is 6.68. The van der Waals surface area contributed by atoms with Gasteiger partial charge in [-0.05, 0) is 55.5 Å². The Morgan fingerprint density at radius 2 is 1.38 bits per heavy atom. The van der Waals surface area contributed by atoms with Crippen LogP contribution in [0.3, 0.4) is 0 Å². The Hall–Kier alpha value is -1.71. The summed E-state index contributed by atoms with van der Waals surface area (Å²) < 4.78 is 0. The molecule has 0 bridgehead atoms. The average Bonchev–Trinajstić information content (AvgIpc) is 2.76. The van der Waals surface area contributed by atoms with Gasteiger partial charge in [-0.25, -0.2) is 4.79 Å². The number of benzene rings is 2. The van der Waals surface area contributed by atoms with Crippen LogP contribution < -0.4 is 9.80 Å². The number of anilines is 2. The summed E-state index contributed by atoms with van der Waals surface area (Å²) in [6.45, 7) is 2.67. The molecule has 0 N–H and O–H groups in total. The van der Waals surface area contributed by atoms with Crippen molar-refractivity contribution in [2.24, 2.45) is 0 Å². The fraction of sp³-hybridized carbons (Fsp3) is 0.188. The summed E-state index contributed by atoms with van der Waals surface area (Å²) in [6.07, 6.45) is 0. The van der Waals surface area contributed by atoms with E-state index in [1.807, 2.05) is 31.2 Å². The minimum absolute atomic E-state index is 0.0351. The van der Waals surface area contributed by atoms with Crippen molar-refractivity contribution < 1.29 is 4.79 Å². The van der Waals surface area contributed by atoms with Gasteiger partial charge in [0.2, 0.25) is 0 Å². The number of rotatable bonds is 2. The minimum atomic E-state index is -0.0351. The largest absolute Gasteiger partial charge is 0.329 e. The molecule has 0 saturated carbocycles. The molecule has 108 valence electrons. The van der Waals surface area contributed by atoms with Crippen LogP contribution in [-0.4, -0.2) is 18.6 Å².